The second-order valence-corrected chi connectivity index (χ2v) is 4.43. The van der Waals surface area contributed by atoms with Crippen LogP contribution in [0.4, 0.5) is 5.69 Å². The molecule has 0 saturated heterocycles. The number of methoxy groups -OCH3 is 1. The van der Waals surface area contributed by atoms with Gasteiger partial charge in [-0.25, -0.2) is 13.6 Å². The third-order valence-corrected chi connectivity index (χ3v) is 2.89. The van der Waals surface area contributed by atoms with Crippen molar-refractivity contribution in [2.45, 2.75) is 11.8 Å². The highest BCUT2D eigenvalue weighted by Gasteiger charge is 2.14. The fraction of sp³-hybridized carbons (Fsp3) is 0.250. The highest BCUT2D eigenvalue weighted by molar-refractivity contribution is 7.89. The Hall–Kier alpha value is -1.27. The number of nitrogens with two attached hydrogens (primary N) is 2. The van der Waals surface area contributed by atoms with Crippen LogP contribution in [0.2, 0.25) is 0 Å². The van der Waals surface area contributed by atoms with Crippen LogP contribution in [0.3, 0.4) is 0 Å². The molecule has 4 N–H and O–H groups in total. The molecule has 0 spiro atoms. The van der Waals surface area contributed by atoms with Gasteiger partial charge in [-0.05, 0) is 18.6 Å². The first-order chi connectivity index (χ1) is 6.36. The molecule has 0 aromatic heterocycles. The largest absolute Gasteiger partial charge is 0.495 e. The fourth-order valence-electron chi connectivity index (χ4n) is 1.18. The lowest BCUT2D eigenvalue weighted by Gasteiger charge is -2.09. The fourth-order valence-corrected chi connectivity index (χ4v) is 1.95. The summed E-state index contributed by atoms with van der Waals surface area (Å²) in [7, 11) is -2.31. The molecule has 0 amide bonds. The topological polar surface area (TPSA) is 95.4 Å². The van der Waals surface area contributed by atoms with Gasteiger partial charge in [0.05, 0.1) is 17.7 Å². The molecule has 0 saturated carbocycles. The Kier molecular flexibility index (Phi) is 2.68. The second-order valence-electron chi connectivity index (χ2n) is 2.90. The van der Waals surface area contributed by atoms with Crippen molar-refractivity contribution < 1.29 is 13.2 Å². The monoisotopic (exact) mass is 216 g/mol. The highest BCUT2D eigenvalue weighted by Crippen LogP contribution is 2.27. The van der Waals surface area contributed by atoms with Gasteiger partial charge >= 0.3 is 0 Å². The Morgan fingerprint density at radius 3 is 2.36 bits per heavy atom. The van der Waals surface area contributed by atoms with Gasteiger partial charge in [0.15, 0.2) is 0 Å². The quantitative estimate of drug-likeness (QED) is 0.692. The van der Waals surface area contributed by atoms with Gasteiger partial charge in [-0.15, -0.1) is 0 Å². The summed E-state index contributed by atoms with van der Waals surface area (Å²) in [6.45, 7) is 1.62. The van der Waals surface area contributed by atoms with Crippen LogP contribution in [0.15, 0.2) is 17.0 Å². The molecule has 1 aromatic carbocycles. The summed E-state index contributed by atoms with van der Waals surface area (Å²) in [6, 6.07) is 2.83. The average molecular weight is 216 g/mol. The number of ether oxygens (including phenoxy) is 1. The number of hydrogen-bond donors (Lipinski definition) is 2. The van der Waals surface area contributed by atoms with E-state index in [4.69, 9.17) is 15.6 Å². The molecule has 14 heavy (non-hydrogen) atoms. The average Bonchev–Trinajstić information content (AvgIpc) is 2.02. The van der Waals surface area contributed by atoms with Crippen LogP contribution >= 0.6 is 0 Å². The predicted octanol–water partition coefficient (Wildman–Crippen LogP) is 0.233. The van der Waals surface area contributed by atoms with Crippen molar-refractivity contribution in [3.05, 3.63) is 17.7 Å². The van der Waals surface area contributed by atoms with Gasteiger partial charge in [-0.1, -0.05) is 0 Å². The number of hydrogen-bond acceptors (Lipinski definition) is 4. The lowest BCUT2D eigenvalue weighted by Crippen LogP contribution is -2.14. The van der Waals surface area contributed by atoms with E-state index in [2.05, 4.69) is 0 Å². The molecular formula is C8H12N2O3S. The van der Waals surface area contributed by atoms with E-state index < -0.39 is 10.0 Å². The first-order valence-electron chi connectivity index (χ1n) is 3.83. The zero-order chi connectivity index (χ0) is 10.9. The van der Waals surface area contributed by atoms with Crippen LogP contribution in [0.25, 0.3) is 0 Å². The van der Waals surface area contributed by atoms with Crippen LogP contribution < -0.4 is 15.6 Å². The molecule has 0 aliphatic carbocycles. The molecule has 6 heteroatoms. The molecule has 1 aromatic rings. The second kappa shape index (κ2) is 3.47. The summed E-state index contributed by atoms with van der Waals surface area (Å²) >= 11 is 0. The van der Waals surface area contributed by atoms with Gasteiger partial charge < -0.3 is 10.5 Å². The molecule has 0 unspecified atom stereocenters. The lowest BCUT2D eigenvalue weighted by molar-refractivity contribution is 0.415. The van der Waals surface area contributed by atoms with Gasteiger partial charge in [0.2, 0.25) is 10.0 Å². The number of rotatable bonds is 2. The number of nitrogen functional groups attached to an aromatic ring is 1. The molecule has 1 rings (SSSR count). The maximum absolute atomic E-state index is 11.1. The zero-order valence-electron chi connectivity index (χ0n) is 7.94. The summed E-state index contributed by atoms with van der Waals surface area (Å²) < 4.78 is 27.1. The van der Waals surface area contributed by atoms with E-state index in [-0.39, 0.29) is 4.90 Å². The third kappa shape index (κ3) is 1.97. The van der Waals surface area contributed by atoms with E-state index in [1.165, 1.54) is 19.2 Å². The Labute approximate surface area is 82.7 Å². The van der Waals surface area contributed by atoms with Crippen LogP contribution in [0, 0.1) is 6.92 Å². The summed E-state index contributed by atoms with van der Waals surface area (Å²) in [5.74, 6) is 0.305. The van der Waals surface area contributed by atoms with Crippen molar-refractivity contribution in [1.29, 1.82) is 0 Å². The molecule has 5 nitrogen and oxygen atoms in total. The number of anilines is 1. The molecule has 0 aliphatic heterocycles. The van der Waals surface area contributed by atoms with Crippen molar-refractivity contribution in [3.8, 4) is 5.75 Å². The van der Waals surface area contributed by atoms with Crippen LogP contribution in [0.1, 0.15) is 5.56 Å². The summed E-state index contributed by atoms with van der Waals surface area (Å²) in [5, 5.41) is 5.01. The first kappa shape index (κ1) is 10.8. The molecule has 0 heterocycles. The Morgan fingerprint density at radius 1 is 1.36 bits per heavy atom. The minimum atomic E-state index is -3.72. The maximum Gasteiger partial charge on any atom is 0.238 e. The third-order valence-electron chi connectivity index (χ3n) is 1.83. The molecule has 78 valence electrons. The number of primary sulfonamides is 1. The Bertz CT molecular complexity index is 454. The van der Waals surface area contributed by atoms with Gasteiger partial charge in [-0.2, -0.15) is 0 Å². The van der Waals surface area contributed by atoms with E-state index in [1.807, 2.05) is 0 Å². The van der Waals surface area contributed by atoms with Crippen molar-refractivity contribution in [1.82, 2.24) is 0 Å². The normalized spacial score (nSPS) is 11.4. The van der Waals surface area contributed by atoms with Gasteiger partial charge in [-0.3, -0.25) is 0 Å². The number of sulfonamides is 1. The van der Waals surface area contributed by atoms with E-state index in [9.17, 15) is 8.42 Å². The molecule has 0 radical (unpaired) electrons. The zero-order valence-corrected chi connectivity index (χ0v) is 8.76. The molecule has 0 fully saturated rings. The van der Waals surface area contributed by atoms with E-state index >= 15 is 0 Å². The standard InChI is InChI=1S/C8H12N2O3S/c1-5-3-6(9)7(13-2)4-8(5)14(10,11)12/h3-4H,9H2,1-2H3,(H2,10,11,12). The SMILES string of the molecule is COc1cc(S(N)(=O)=O)c(C)cc1N. The van der Waals surface area contributed by atoms with Crippen molar-refractivity contribution in [2.24, 2.45) is 5.14 Å². The first-order valence-corrected chi connectivity index (χ1v) is 5.38. The van der Waals surface area contributed by atoms with Crippen LogP contribution in [-0.2, 0) is 10.0 Å². The maximum atomic E-state index is 11.1. The Balaban J connectivity index is 3.47. The van der Waals surface area contributed by atoms with Crippen LogP contribution in [-0.4, -0.2) is 15.5 Å². The molecule has 0 bridgehead atoms. The summed E-state index contributed by atoms with van der Waals surface area (Å²) in [4.78, 5) is 0.0311. The van der Waals surface area contributed by atoms with E-state index in [0.717, 1.165) is 0 Å². The van der Waals surface area contributed by atoms with E-state index in [1.54, 1.807) is 6.92 Å². The number of benzene rings is 1. The number of aryl methyl sites for hydroxylation is 1. The molecule has 0 aliphatic rings. The smallest absolute Gasteiger partial charge is 0.238 e. The van der Waals surface area contributed by atoms with Crippen molar-refractivity contribution in [2.75, 3.05) is 12.8 Å². The van der Waals surface area contributed by atoms with Crippen molar-refractivity contribution in [3.63, 3.8) is 0 Å². The lowest BCUT2D eigenvalue weighted by atomic mass is 10.2. The van der Waals surface area contributed by atoms with Gasteiger partial charge in [0, 0.05) is 6.07 Å². The summed E-state index contributed by atoms with van der Waals surface area (Å²) in [5.41, 5.74) is 6.48. The Morgan fingerprint density at radius 2 is 1.93 bits per heavy atom. The minimum absolute atomic E-state index is 0.0311. The van der Waals surface area contributed by atoms with Gasteiger partial charge in [0.25, 0.3) is 0 Å². The highest BCUT2D eigenvalue weighted by atomic mass is 32.2. The molecule has 0 atom stereocenters. The van der Waals surface area contributed by atoms with Gasteiger partial charge in [0.1, 0.15) is 5.75 Å². The molecular weight excluding hydrogens is 204 g/mol. The van der Waals surface area contributed by atoms with Crippen molar-refractivity contribution >= 4 is 15.7 Å². The summed E-state index contributed by atoms with van der Waals surface area (Å²) in [6.07, 6.45) is 0. The van der Waals surface area contributed by atoms with E-state index in [0.29, 0.717) is 17.0 Å². The minimum Gasteiger partial charge on any atom is -0.495 e. The predicted molar refractivity (Wildman–Crippen MR) is 53.5 cm³/mol. The van der Waals surface area contributed by atoms with Crippen LogP contribution in [0.5, 0.6) is 5.75 Å².